The minimum absolute atomic E-state index is 0.0222. The largest absolute Gasteiger partial charge is 0.493 e. The van der Waals surface area contributed by atoms with Crippen molar-refractivity contribution in [2.45, 2.75) is 33.1 Å². The first-order chi connectivity index (χ1) is 14.1. The van der Waals surface area contributed by atoms with Crippen molar-refractivity contribution >= 4 is 35.5 Å². The SMILES string of the molecule is COc1cc(/C=C2\N=C(c3ccc(C(C)(C)C)cc3)OC2=O)cc(Cl)c1OC(C)=O. The number of benzene rings is 2. The summed E-state index contributed by atoms with van der Waals surface area (Å²) in [5.74, 6) is -0.471. The van der Waals surface area contributed by atoms with E-state index >= 15 is 0 Å². The van der Waals surface area contributed by atoms with Crippen LogP contribution in [0.1, 0.15) is 44.4 Å². The van der Waals surface area contributed by atoms with Gasteiger partial charge in [-0.25, -0.2) is 9.79 Å². The summed E-state index contributed by atoms with van der Waals surface area (Å²) < 4.78 is 15.7. The number of nitrogens with zero attached hydrogens (tertiary/aromatic N) is 1. The van der Waals surface area contributed by atoms with Gasteiger partial charge in [-0.2, -0.15) is 0 Å². The predicted octanol–water partition coefficient (Wildman–Crippen LogP) is 4.92. The molecule has 0 fully saturated rings. The fourth-order valence-electron chi connectivity index (χ4n) is 2.87. The van der Waals surface area contributed by atoms with Crippen LogP contribution in [0.15, 0.2) is 47.1 Å². The minimum Gasteiger partial charge on any atom is -0.493 e. The second-order valence-electron chi connectivity index (χ2n) is 7.79. The van der Waals surface area contributed by atoms with E-state index in [2.05, 4.69) is 25.8 Å². The zero-order chi connectivity index (χ0) is 22.1. The van der Waals surface area contributed by atoms with Crippen LogP contribution in [0.4, 0.5) is 0 Å². The number of ether oxygens (including phenoxy) is 3. The van der Waals surface area contributed by atoms with Crippen LogP contribution in [0, 0.1) is 0 Å². The molecule has 0 radical (unpaired) electrons. The number of esters is 2. The molecule has 0 atom stereocenters. The number of hydrogen-bond donors (Lipinski definition) is 0. The van der Waals surface area contributed by atoms with Gasteiger partial charge in [0, 0.05) is 12.5 Å². The number of methoxy groups -OCH3 is 1. The molecule has 0 spiro atoms. The lowest BCUT2D eigenvalue weighted by Crippen LogP contribution is -2.11. The van der Waals surface area contributed by atoms with E-state index in [9.17, 15) is 9.59 Å². The van der Waals surface area contributed by atoms with E-state index in [1.165, 1.54) is 25.7 Å². The van der Waals surface area contributed by atoms with Gasteiger partial charge in [-0.1, -0.05) is 44.5 Å². The summed E-state index contributed by atoms with van der Waals surface area (Å²) in [6.07, 6.45) is 1.53. The zero-order valence-corrected chi connectivity index (χ0v) is 18.2. The van der Waals surface area contributed by atoms with E-state index in [1.54, 1.807) is 12.1 Å². The monoisotopic (exact) mass is 427 g/mol. The average molecular weight is 428 g/mol. The fourth-order valence-corrected chi connectivity index (χ4v) is 3.13. The van der Waals surface area contributed by atoms with Crippen molar-refractivity contribution in [3.05, 3.63) is 63.8 Å². The van der Waals surface area contributed by atoms with Crippen molar-refractivity contribution in [3.63, 3.8) is 0 Å². The van der Waals surface area contributed by atoms with Crippen LogP contribution in [-0.2, 0) is 19.7 Å². The van der Waals surface area contributed by atoms with Crippen LogP contribution in [0.25, 0.3) is 6.08 Å². The number of cyclic esters (lactones) is 1. The van der Waals surface area contributed by atoms with Gasteiger partial charge in [0.25, 0.3) is 0 Å². The second-order valence-corrected chi connectivity index (χ2v) is 8.20. The van der Waals surface area contributed by atoms with E-state index in [1.807, 2.05) is 24.3 Å². The van der Waals surface area contributed by atoms with Crippen LogP contribution < -0.4 is 9.47 Å². The Balaban J connectivity index is 1.92. The van der Waals surface area contributed by atoms with E-state index in [4.69, 9.17) is 25.8 Å². The van der Waals surface area contributed by atoms with Gasteiger partial charge in [0.15, 0.2) is 17.2 Å². The Kier molecular flexibility index (Phi) is 5.99. The maximum atomic E-state index is 12.3. The first-order valence-corrected chi connectivity index (χ1v) is 9.65. The Labute approximate surface area is 180 Å². The highest BCUT2D eigenvalue weighted by molar-refractivity contribution is 6.32. The Hall–Kier alpha value is -3.12. The standard InChI is InChI=1S/C23H22ClNO5/c1-13(26)29-20-17(24)10-14(12-19(20)28-5)11-18-22(27)30-21(25-18)15-6-8-16(9-7-15)23(2,3)4/h6-12H,1-5H3/b18-11-. The number of hydrogen-bond acceptors (Lipinski definition) is 6. The first-order valence-electron chi connectivity index (χ1n) is 9.28. The molecule has 1 aliphatic heterocycles. The molecule has 1 aliphatic rings. The van der Waals surface area contributed by atoms with Crippen molar-refractivity contribution in [3.8, 4) is 11.5 Å². The summed E-state index contributed by atoms with van der Waals surface area (Å²) >= 11 is 6.22. The molecule has 0 saturated carbocycles. The highest BCUT2D eigenvalue weighted by atomic mass is 35.5. The molecule has 156 valence electrons. The van der Waals surface area contributed by atoms with Crippen molar-refractivity contribution < 1.29 is 23.8 Å². The Morgan fingerprint density at radius 1 is 1.17 bits per heavy atom. The third-order valence-corrected chi connectivity index (χ3v) is 4.70. The van der Waals surface area contributed by atoms with Gasteiger partial charge in [0.2, 0.25) is 5.90 Å². The summed E-state index contributed by atoms with van der Waals surface area (Å²) in [4.78, 5) is 27.9. The topological polar surface area (TPSA) is 74.2 Å². The highest BCUT2D eigenvalue weighted by Gasteiger charge is 2.25. The molecule has 0 aromatic heterocycles. The van der Waals surface area contributed by atoms with E-state index in [-0.39, 0.29) is 33.5 Å². The van der Waals surface area contributed by atoms with Gasteiger partial charge in [0.1, 0.15) is 0 Å². The summed E-state index contributed by atoms with van der Waals surface area (Å²) in [7, 11) is 1.43. The summed E-state index contributed by atoms with van der Waals surface area (Å²) in [6, 6.07) is 10.9. The molecule has 6 nitrogen and oxygen atoms in total. The van der Waals surface area contributed by atoms with Crippen molar-refractivity contribution in [1.29, 1.82) is 0 Å². The normalized spacial score (nSPS) is 15.1. The van der Waals surface area contributed by atoms with Crippen LogP contribution in [0.5, 0.6) is 11.5 Å². The number of carbonyl (C=O) groups excluding carboxylic acids is 2. The molecule has 30 heavy (non-hydrogen) atoms. The molecular weight excluding hydrogens is 406 g/mol. The molecule has 3 rings (SSSR count). The van der Waals surface area contributed by atoms with E-state index in [0.717, 1.165) is 0 Å². The number of halogens is 1. The molecule has 0 N–H and O–H groups in total. The summed E-state index contributed by atoms with van der Waals surface area (Å²) in [5, 5.41) is 0.171. The van der Waals surface area contributed by atoms with Gasteiger partial charge < -0.3 is 14.2 Å². The molecule has 0 saturated heterocycles. The lowest BCUT2D eigenvalue weighted by Gasteiger charge is -2.18. The van der Waals surface area contributed by atoms with Crippen molar-refractivity contribution in [2.24, 2.45) is 4.99 Å². The maximum Gasteiger partial charge on any atom is 0.363 e. The molecule has 2 aromatic rings. The molecule has 7 heteroatoms. The van der Waals surface area contributed by atoms with Crippen LogP contribution in [0.3, 0.4) is 0 Å². The lowest BCUT2D eigenvalue weighted by atomic mass is 9.87. The van der Waals surface area contributed by atoms with Crippen molar-refractivity contribution in [2.75, 3.05) is 7.11 Å². The predicted molar refractivity (Wildman–Crippen MR) is 115 cm³/mol. The number of rotatable bonds is 4. The van der Waals surface area contributed by atoms with E-state index in [0.29, 0.717) is 11.1 Å². The first kappa shape index (κ1) is 21.6. The van der Waals surface area contributed by atoms with Gasteiger partial charge in [-0.05, 0) is 46.9 Å². The minimum atomic E-state index is -0.566. The maximum absolute atomic E-state index is 12.3. The average Bonchev–Trinajstić information content (AvgIpc) is 3.03. The van der Waals surface area contributed by atoms with E-state index < -0.39 is 11.9 Å². The smallest absolute Gasteiger partial charge is 0.363 e. The summed E-state index contributed by atoms with van der Waals surface area (Å²) in [5.41, 5.74) is 2.58. The van der Waals surface area contributed by atoms with Gasteiger partial charge in [-0.3, -0.25) is 4.79 Å². The van der Waals surface area contributed by atoms with Crippen LogP contribution >= 0.6 is 11.6 Å². The van der Waals surface area contributed by atoms with Gasteiger partial charge >= 0.3 is 11.9 Å². The molecule has 0 aliphatic carbocycles. The lowest BCUT2D eigenvalue weighted by molar-refractivity contribution is -0.132. The molecule has 1 heterocycles. The Morgan fingerprint density at radius 2 is 1.83 bits per heavy atom. The summed E-state index contributed by atoms with van der Waals surface area (Å²) in [6.45, 7) is 7.65. The molecular formula is C23H22ClNO5. The molecule has 0 bridgehead atoms. The molecule has 0 unspecified atom stereocenters. The zero-order valence-electron chi connectivity index (χ0n) is 17.4. The quantitative estimate of drug-likeness (QED) is 0.393. The molecule has 2 aromatic carbocycles. The Bertz CT molecular complexity index is 1060. The number of carbonyl (C=O) groups is 2. The van der Waals surface area contributed by atoms with Crippen LogP contribution in [0.2, 0.25) is 5.02 Å². The van der Waals surface area contributed by atoms with Crippen LogP contribution in [-0.4, -0.2) is 24.9 Å². The molecule has 0 amide bonds. The second kappa shape index (κ2) is 8.32. The van der Waals surface area contributed by atoms with Gasteiger partial charge in [-0.15, -0.1) is 0 Å². The van der Waals surface area contributed by atoms with Crippen molar-refractivity contribution in [1.82, 2.24) is 0 Å². The highest BCUT2D eigenvalue weighted by Crippen LogP contribution is 2.37. The number of aliphatic imine (C=N–C) groups is 1. The third-order valence-electron chi connectivity index (χ3n) is 4.42. The fraction of sp³-hybridized carbons (Fsp3) is 0.261. The Morgan fingerprint density at radius 3 is 2.40 bits per heavy atom. The third kappa shape index (κ3) is 4.71. The van der Waals surface area contributed by atoms with Gasteiger partial charge in [0.05, 0.1) is 12.1 Å².